The number of amides is 2. The second kappa shape index (κ2) is 8.51. The summed E-state index contributed by atoms with van der Waals surface area (Å²) < 4.78 is 0. The predicted octanol–water partition coefficient (Wildman–Crippen LogP) is 3.21. The zero-order valence-electron chi connectivity index (χ0n) is 16.8. The first-order valence-corrected chi connectivity index (χ1v) is 10.3. The van der Waals surface area contributed by atoms with Crippen molar-refractivity contribution in [3.8, 4) is 0 Å². The molecule has 7 nitrogen and oxygen atoms in total. The molecule has 7 heteroatoms. The average Bonchev–Trinajstić information content (AvgIpc) is 3.47. The van der Waals surface area contributed by atoms with E-state index in [1.807, 2.05) is 23.1 Å². The lowest BCUT2D eigenvalue weighted by atomic mass is 10.1. The third-order valence-corrected chi connectivity index (χ3v) is 5.60. The number of nitrogens with one attached hydrogen (secondary N) is 2. The molecular formula is C22H27N5O2. The molecule has 2 fully saturated rings. The summed E-state index contributed by atoms with van der Waals surface area (Å²) in [6.45, 7) is 3.54. The van der Waals surface area contributed by atoms with E-state index >= 15 is 0 Å². The standard InChI is InChI=1S/C22H27N5O2/c1-23-20-14-16(8-9-24-20)21(28)25-17-6-7-19(26-10-2-3-11-26)18(15-17)22(29)27-12-4-5-13-27/h6-9,14-15H,2-5,10-13H2,1H3,(H,23,24)(H,25,28). The number of pyridine rings is 1. The van der Waals surface area contributed by atoms with Crippen LogP contribution in [0.2, 0.25) is 0 Å². The van der Waals surface area contributed by atoms with Crippen molar-refractivity contribution in [2.24, 2.45) is 0 Å². The number of likely N-dealkylation sites (tertiary alicyclic amines) is 1. The van der Waals surface area contributed by atoms with Crippen molar-refractivity contribution in [2.75, 3.05) is 48.8 Å². The molecule has 0 aliphatic carbocycles. The van der Waals surface area contributed by atoms with Gasteiger partial charge in [-0.2, -0.15) is 0 Å². The molecule has 2 aliphatic rings. The normalized spacial score (nSPS) is 16.2. The highest BCUT2D eigenvalue weighted by molar-refractivity contribution is 6.06. The van der Waals surface area contributed by atoms with E-state index in [0.29, 0.717) is 22.6 Å². The number of anilines is 3. The van der Waals surface area contributed by atoms with Gasteiger partial charge in [-0.25, -0.2) is 4.98 Å². The third-order valence-electron chi connectivity index (χ3n) is 5.60. The number of carbonyl (C=O) groups excluding carboxylic acids is 2. The van der Waals surface area contributed by atoms with Crippen molar-refractivity contribution in [3.05, 3.63) is 47.7 Å². The van der Waals surface area contributed by atoms with Gasteiger partial charge in [0, 0.05) is 56.4 Å². The summed E-state index contributed by atoms with van der Waals surface area (Å²) in [5, 5.41) is 5.86. The van der Waals surface area contributed by atoms with Crippen LogP contribution in [0.1, 0.15) is 46.4 Å². The Morgan fingerprint density at radius 2 is 1.69 bits per heavy atom. The van der Waals surface area contributed by atoms with E-state index in [2.05, 4.69) is 20.5 Å². The number of nitrogens with zero attached hydrogens (tertiary/aromatic N) is 3. The van der Waals surface area contributed by atoms with Crippen LogP contribution >= 0.6 is 0 Å². The largest absolute Gasteiger partial charge is 0.373 e. The van der Waals surface area contributed by atoms with E-state index in [-0.39, 0.29) is 11.8 Å². The number of aromatic nitrogens is 1. The van der Waals surface area contributed by atoms with Gasteiger partial charge in [0.1, 0.15) is 5.82 Å². The van der Waals surface area contributed by atoms with E-state index in [1.54, 1.807) is 25.4 Å². The molecular weight excluding hydrogens is 366 g/mol. The molecule has 29 heavy (non-hydrogen) atoms. The van der Waals surface area contributed by atoms with Gasteiger partial charge in [-0.15, -0.1) is 0 Å². The Bertz CT molecular complexity index is 902. The number of rotatable bonds is 5. The second-order valence-corrected chi connectivity index (χ2v) is 7.56. The van der Waals surface area contributed by atoms with Crippen molar-refractivity contribution in [2.45, 2.75) is 25.7 Å². The van der Waals surface area contributed by atoms with Gasteiger partial charge >= 0.3 is 0 Å². The van der Waals surface area contributed by atoms with Gasteiger partial charge < -0.3 is 20.4 Å². The highest BCUT2D eigenvalue weighted by Gasteiger charge is 2.25. The molecule has 2 aromatic rings. The van der Waals surface area contributed by atoms with Crippen LogP contribution in [-0.2, 0) is 0 Å². The van der Waals surface area contributed by atoms with Gasteiger partial charge in [-0.05, 0) is 56.0 Å². The molecule has 1 aromatic carbocycles. The summed E-state index contributed by atoms with van der Waals surface area (Å²) >= 11 is 0. The maximum absolute atomic E-state index is 13.2. The molecule has 3 heterocycles. The zero-order valence-corrected chi connectivity index (χ0v) is 16.8. The van der Waals surface area contributed by atoms with Crippen LogP contribution in [0.5, 0.6) is 0 Å². The SMILES string of the molecule is CNc1cc(C(=O)Nc2ccc(N3CCCC3)c(C(=O)N3CCCC3)c2)ccn1. The van der Waals surface area contributed by atoms with Crippen molar-refractivity contribution >= 4 is 29.0 Å². The van der Waals surface area contributed by atoms with Gasteiger partial charge in [-0.1, -0.05) is 0 Å². The lowest BCUT2D eigenvalue weighted by Gasteiger charge is -2.24. The molecule has 0 spiro atoms. The Morgan fingerprint density at radius 1 is 0.966 bits per heavy atom. The lowest BCUT2D eigenvalue weighted by molar-refractivity contribution is 0.0793. The van der Waals surface area contributed by atoms with Gasteiger partial charge in [0.05, 0.1) is 5.56 Å². The van der Waals surface area contributed by atoms with Crippen LogP contribution in [-0.4, -0.2) is 54.9 Å². The van der Waals surface area contributed by atoms with Crippen LogP contribution in [0.4, 0.5) is 17.2 Å². The first kappa shape index (κ1) is 19.2. The lowest BCUT2D eigenvalue weighted by Crippen LogP contribution is -2.30. The Labute approximate surface area is 171 Å². The van der Waals surface area contributed by atoms with Gasteiger partial charge in [0.15, 0.2) is 0 Å². The van der Waals surface area contributed by atoms with Crippen LogP contribution in [0.15, 0.2) is 36.5 Å². The van der Waals surface area contributed by atoms with Gasteiger partial charge in [0.2, 0.25) is 0 Å². The fourth-order valence-corrected chi connectivity index (χ4v) is 4.02. The van der Waals surface area contributed by atoms with Crippen LogP contribution < -0.4 is 15.5 Å². The summed E-state index contributed by atoms with van der Waals surface area (Å²) in [4.78, 5) is 34.2. The predicted molar refractivity (Wildman–Crippen MR) is 115 cm³/mol. The van der Waals surface area contributed by atoms with E-state index in [1.165, 1.54) is 0 Å². The highest BCUT2D eigenvalue weighted by Crippen LogP contribution is 2.29. The van der Waals surface area contributed by atoms with Crippen molar-refractivity contribution in [1.82, 2.24) is 9.88 Å². The van der Waals surface area contributed by atoms with Crippen molar-refractivity contribution in [3.63, 3.8) is 0 Å². The first-order valence-electron chi connectivity index (χ1n) is 10.3. The van der Waals surface area contributed by atoms with Crippen LogP contribution in [0.25, 0.3) is 0 Å². The fraction of sp³-hybridized carbons (Fsp3) is 0.409. The Balaban J connectivity index is 1.61. The Hall–Kier alpha value is -3.09. The molecule has 0 saturated carbocycles. The quantitative estimate of drug-likeness (QED) is 0.816. The molecule has 0 radical (unpaired) electrons. The molecule has 2 N–H and O–H groups in total. The number of hydrogen-bond donors (Lipinski definition) is 2. The highest BCUT2D eigenvalue weighted by atomic mass is 16.2. The first-order chi connectivity index (χ1) is 14.2. The molecule has 1 aromatic heterocycles. The minimum Gasteiger partial charge on any atom is -0.373 e. The fourth-order valence-electron chi connectivity index (χ4n) is 4.02. The molecule has 2 aliphatic heterocycles. The maximum Gasteiger partial charge on any atom is 0.256 e. The molecule has 2 amide bonds. The smallest absolute Gasteiger partial charge is 0.256 e. The second-order valence-electron chi connectivity index (χ2n) is 7.56. The minimum atomic E-state index is -0.225. The number of carbonyl (C=O) groups is 2. The van der Waals surface area contributed by atoms with Crippen LogP contribution in [0, 0.1) is 0 Å². The molecule has 152 valence electrons. The summed E-state index contributed by atoms with van der Waals surface area (Å²) in [5.41, 5.74) is 2.79. The minimum absolute atomic E-state index is 0.0573. The Kier molecular flexibility index (Phi) is 5.64. The third kappa shape index (κ3) is 4.18. The van der Waals surface area contributed by atoms with Gasteiger partial charge in [-0.3, -0.25) is 9.59 Å². The monoisotopic (exact) mass is 393 g/mol. The van der Waals surface area contributed by atoms with E-state index in [4.69, 9.17) is 0 Å². The van der Waals surface area contributed by atoms with Gasteiger partial charge in [0.25, 0.3) is 11.8 Å². The summed E-state index contributed by atoms with van der Waals surface area (Å²) in [5.74, 6) is 0.464. The molecule has 0 bridgehead atoms. The average molecular weight is 393 g/mol. The van der Waals surface area contributed by atoms with E-state index in [0.717, 1.165) is 57.5 Å². The number of benzene rings is 1. The molecule has 2 saturated heterocycles. The number of hydrogen-bond acceptors (Lipinski definition) is 5. The van der Waals surface area contributed by atoms with Crippen LogP contribution in [0.3, 0.4) is 0 Å². The zero-order chi connectivity index (χ0) is 20.2. The summed E-state index contributed by atoms with van der Waals surface area (Å²) in [6.07, 6.45) is 5.99. The molecule has 0 unspecified atom stereocenters. The van der Waals surface area contributed by atoms with Crippen molar-refractivity contribution < 1.29 is 9.59 Å². The Morgan fingerprint density at radius 3 is 2.41 bits per heavy atom. The maximum atomic E-state index is 13.2. The summed E-state index contributed by atoms with van der Waals surface area (Å²) in [7, 11) is 1.76. The van der Waals surface area contributed by atoms with Crippen molar-refractivity contribution in [1.29, 1.82) is 0 Å². The topological polar surface area (TPSA) is 77.6 Å². The van der Waals surface area contributed by atoms with E-state index in [9.17, 15) is 9.59 Å². The van der Waals surface area contributed by atoms with E-state index < -0.39 is 0 Å². The molecule has 0 atom stereocenters. The summed E-state index contributed by atoms with van der Waals surface area (Å²) in [6, 6.07) is 9.05. The molecule has 4 rings (SSSR count).